The molecule has 1 aromatic heterocycles. The molecule has 1 atom stereocenters. The van der Waals surface area contributed by atoms with Crippen LogP contribution in [0.25, 0.3) is 10.9 Å². The second-order valence-electron chi connectivity index (χ2n) is 4.47. The van der Waals surface area contributed by atoms with Gasteiger partial charge in [0.2, 0.25) is 0 Å². The highest BCUT2D eigenvalue weighted by atomic mass is 15.2. The Morgan fingerprint density at radius 2 is 2.18 bits per heavy atom. The standard InChI is InChI=1S/C13H16N4/c1-17(10-6-7-14-8-10)13-11-4-2-3-5-12(11)15-9-16-13/h2-5,9-10,14H,6-8H2,1H3. The first-order valence-electron chi connectivity index (χ1n) is 5.99. The van der Waals surface area contributed by atoms with Crippen molar-refractivity contribution in [1.29, 1.82) is 0 Å². The van der Waals surface area contributed by atoms with Gasteiger partial charge in [-0.15, -0.1) is 0 Å². The molecule has 0 bridgehead atoms. The fraction of sp³-hybridized carbons (Fsp3) is 0.385. The average Bonchev–Trinajstić information content (AvgIpc) is 2.91. The van der Waals surface area contributed by atoms with E-state index in [0.29, 0.717) is 6.04 Å². The zero-order valence-corrected chi connectivity index (χ0v) is 9.93. The Labute approximate surface area is 101 Å². The normalized spacial score (nSPS) is 19.7. The van der Waals surface area contributed by atoms with Crippen LogP contribution >= 0.6 is 0 Å². The number of fused-ring (bicyclic) bond motifs is 1. The van der Waals surface area contributed by atoms with Gasteiger partial charge in [-0.05, 0) is 25.1 Å². The molecule has 2 aromatic rings. The molecule has 0 amide bonds. The van der Waals surface area contributed by atoms with E-state index in [0.717, 1.165) is 29.8 Å². The first-order chi connectivity index (χ1) is 8.36. The van der Waals surface area contributed by atoms with Gasteiger partial charge in [0.1, 0.15) is 12.1 Å². The van der Waals surface area contributed by atoms with Crippen LogP contribution < -0.4 is 10.2 Å². The van der Waals surface area contributed by atoms with Crippen LogP contribution in [0.1, 0.15) is 6.42 Å². The Morgan fingerprint density at radius 3 is 3.00 bits per heavy atom. The van der Waals surface area contributed by atoms with Gasteiger partial charge < -0.3 is 10.2 Å². The molecular weight excluding hydrogens is 212 g/mol. The summed E-state index contributed by atoms with van der Waals surface area (Å²) < 4.78 is 0. The molecular formula is C13H16N4. The Hall–Kier alpha value is -1.68. The SMILES string of the molecule is CN(c1ncnc2ccccc12)C1CCNC1. The fourth-order valence-corrected chi connectivity index (χ4v) is 2.41. The molecule has 1 unspecified atom stereocenters. The molecule has 2 heterocycles. The van der Waals surface area contributed by atoms with Gasteiger partial charge in [-0.25, -0.2) is 9.97 Å². The Balaban J connectivity index is 2.04. The maximum Gasteiger partial charge on any atom is 0.139 e. The summed E-state index contributed by atoms with van der Waals surface area (Å²) in [7, 11) is 2.12. The highest BCUT2D eigenvalue weighted by molar-refractivity contribution is 5.89. The lowest BCUT2D eigenvalue weighted by Gasteiger charge is -2.25. The molecule has 0 aliphatic carbocycles. The number of nitrogens with one attached hydrogen (secondary N) is 1. The van der Waals surface area contributed by atoms with Crippen molar-refractivity contribution in [2.45, 2.75) is 12.5 Å². The predicted octanol–water partition coefficient (Wildman–Crippen LogP) is 1.43. The molecule has 1 N–H and O–H groups in total. The van der Waals surface area contributed by atoms with Crippen molar-refractivity contribution >= 4 is 16.7 Å². The number of nitrogens with zero attached hydrogens (tertiary/aromatic N) is 3. The summed E-state index contributed by atoms with van der Waals surface area (Å²) in [6.45, 7) is 2.13. The molecule has 88 valence electrons. The molecule has 17 heavy (non-hydrogen) atoms. The maximum atomic E-state index is 4.44. The minimum absolute atomic E-state index is 0.535. The number of benzene rings is 1. The van der Waals surface area contributed by atoms with Gasteiger partial charge in [-0.2, -0.15) is 0 Å². The van der Waals surface area contributed by atoms with Gasteiger partial charge in [0.25, 0.3) is 0 Å². The summed E-state index contributed by atoms with van der Waals surface area (Å²) in [5.74, 6) is 1.03. The topological polar surface area (TPSA) is 41.1 Å². The van der Waals surface area contributed by atoms with Gasteiger partial charge >= 0.3 is 0 Å². The van der Waals surface area contributed by atoms with Crippen molar-refractivity contribution in [2.24, 2.45) is 0 Å². The van der Waals surface area contributed by atoms with E-state index in [-0.39, 0.29) is 0 Å². The smallest absolute Gasteiger partial charge is 0.139 e. The molecule has 0 radical (unpaired) electrons. The van der Waals surface area contributed by atoms with Crippen molar-refractivity contribution in [3.8, 4) is 0 Å². The number of aromatic nitrogens is 2. The lowest BCUT2D eigenvalue weighted by atomic mass is 10.2. The van der Waals surface area contributed by atoms with Gasteiger partial charge in [-0.1, -0.05) is 12.1 Å². The molecule has 1 aliphatic rings. The fourth-order valence-electron chi connectivity index (χ4n) is 2.41. The number of hydrogen-bond acceptors (Lipinski definition) is 4. The number of likely N-dealkylation sites (N-methyl/N-ethyl adjacent to an activating group) is 1. The summed E-state index contributed by atoms with van der Waals surface area (Å²) in [5.41, 5.74) is 1.01. The van der Waals surface area contributed by atoms with Crippen LogP contribution in [0.3, 0.4) is 0 Å². The summed E-state index contributed by atoms with van der Waals surface area (Å²) in [5, 5.41) is 4.52. The maximum absolute atomic E-state index is 4.44. The largest absolute Gasteiger partial charge is 0.355 e. The highest BCUT2D eigenvalue weighted by Crippen LogP contribution is 2.24. The van der Waals surface area contributed by atoms with E-state index in [9.17, 15) is 0 Å². The van der Waals surface area contributed by atoms with Crippen molar-refractivity contribution in [1.82, 2.24) is 15.3 Å². The quantitative estimate of drug-likeness (QED) is 0.844. The van der Waals surface area contributed by atoms with Gasteiger partial charge in [0.05, 0.1) is 5.52 Å². The second-order valence-corrected chi connectivity index (χ2v) is 4.47. The number of hydrogen-bond donors (Lipinski definition) is 1. The third kappa shape index (κ3) is 1.85. The number of para-hydroxylation sites is 1. The lowest BCUT2D eigenvalue weighted by molar-refractivity contribution is 0.679. The third-order valence-electron chi connectivity index (χ3n) is 3.44. The summed E-state index contributed by atoms with van der Waals surface area (Å²) >= 11 is 0. The molecule has 0 spiro atoms. The number of rotatable bonds is 2. The monoisotopic (exact) mass is 228 g/mol. The van der Waals surface area contributed by atoms with Crippen LogP contribution in [0.15, 0.2) is 30.6 Å². The van der Waals surface area contributed by atoms with Crippen molar-refractivity contribution in [2.75, 3.05) is 25.0 Å². The summed E-state index contributed by atoms with van der Waals surface area (Å²) in [4.78, 5) is 11.0. The van der Waals surface area contributed by atoms with Gasteiger partial charge in [0.15, 0.2) is 0 Å². The molecule has 1 aromatic carbocycles. The Kier molecular flexibility index (Phi) is 2.65. The Morgan fingerprint density at radius 1 is 1.29 bits per heavy atom. The van der Waals surface area contributed by atoms with Crippen LogP contribution in [0.5, 0.6) is 0 Å². The Bertz CT molecular complexity index is 514. The second kappa shape index (κ2) is 4.30. The van der Waals surface area contributed by atoms with E-state index in [4.69, 9.17) is 0 Å². The van der Waals surface area contributed by atoms with Crippen molar-refractivity contribution in [3.05, 3.63) is 30.6 Å². The van der Waals surface area contributed by atoms with Crippen molar-refractivity contribution < 1.29 is 0 Å². The minimum atomic E-state index is 0.535. The average molecular weight is 228 g/mol. The van der Waals surface area contributed by atoms with Gasteiger partial charge in [0, 0.05) is 25.0 Å². The molecule has 1 fully saturated rings. The third-order valence-corrected chi connectivity index (χ3v) is 3.44. The first-order valence-corrected chi connectivity index (χ1v) is 5.99. The van der Waals surface area contributed by atoms with E-state index < -0.39 is 0 Å². The first kappa shape index (κ1) is 10.5. The number of anilines is 1. The molecule has 1 saturated heterocycles. The van der Waals surface area contributed by atoms with E-state index in [1.165, 1.54) is 6.42 Å². The molecule has 4 nitrogen and oxygen atoms in total. The van der Waals surface area contributed by atoms with Gasteiger partial charge in [-0.3, -0.25) is 0 Å². The minimum Gasteiger partial charge on any atom is -0.355 e. The van der Waals surface area contributed by atoms with Crippen LogP contribution in [0, 0.1) is 0 Å². The summed E-state index contributed by atoms with van der Waals surface area (Å²) in [6, 6.07) is 8.70. The molecule has 1 aliphatic heterocycles. The molecule has 4 heteroatoms. The zero-order chi connectivity index (χ0) is 11.7. The zero-order valence-electron chi connectivity index (χ0n) is 9.93. The predicted molar refractivity (Wildman–Crippen MR) is 69.2 cm³/mol. The molecule has 3 rings (SSSR count). The van der Waals surface area contributed by atoms with E-state index in [1.54, 1.807) is 6.33 Å². The van der Waals surface area contributed by atoms with E-state index in [1.807, 2.05) is 18.2 Å². The molecule has 0 saturated carbocycles. The van der Waals surface area contributed by atoms with Crippen LogP contribution in [0.4, 0.5) is 5.82 Å². The van der Waals surface area contributed by atoms with Crippen LogP contribution in [-0.2, 0) is 0 Å². The van der Waals surface area contributed by atoms with Crippen LogP contribution in [-0.4, -0.2) is 36.1 Å². The summed E-state index contributed by atoms with van der Waals surface area (Å²) in [6.07, 6.45) is 2.82. The van der Waals surface area contributed by atoms with Crippen molar-refractivity contribution in [3.63, 3.8) is 0 Å². The van der Waals surface area contributed by atoms with Crippen LogP contribution in [0.2, 0.25) is 0 Å². The highest BCUT2D eigenvalue weighted by Gasteiger charge is 2.21. The lowest BCUT2D eigenvalue weighted by Crippen LogP contribution is -2.34. The van der Waals surface area contributed by atoms with E-state index in [2.05, 4.69) is 33.3 Å². The van der Waals surface area contributed by atoms with E-state index >= 15 is 0 Å².